The Morgan fingerprint density at radius 3 is 2.70 bits per heavy atom. The molecule has 1 aromatic heterocycles. The average Bonchev–Trinajstić information content (AvgIpc) is 3.18. The molecule has 2 unspecified atom stereocenters. The van der Waals surface area contributed by atoms with Gasteiger partial charge in [-0.3, -0.25) is 0 Å². The van der Waals surface area contributed by atoms with E-state index in [2.05, 4.69) is 22.9 Å². The van der Waals surface area contributed by atoms with E-state index in [9.17, 15) is 5.11 Å². The van der Waals surface area contributed by atoms with Crippen LogP contribution in [0.3, 0.4) is 0 Å². The number of halogens is 1. The molecule has 0 radical (unpaired) electrons. The van der Waals surface area contributed by atoms with Crippen molar-refractivity contribution in [2.45, 2.75) is 37.7 Å². The van der Waals surface area contributed by atoms with Crippen LogP contribution >= 0.6 is 11.6 Å². The molecule has 0 amide bonds. The van der Waals surface area contributed by atoms with Crippen molar-refractivity contribution >= 4 is 17.7 Å². The highest BCUT2D eigenvalue weighted by Gasteiger charge is 2.40. The summed E-state index contributed by atoms with van der Waals surface area (Å²) in [4.78, 5) is 4.91. The molecule has 162 valence electrons. The highest BCUT2D eigenvalue weighted by Crippen LogP contribution is 2.40. The lowest BCUT2D eigenvalue weighted by Gasteiger charge is -2.41. The molecule has 30 heavy (non-hydrogen) atoms. The van der Waals surface area contributed by atoms with Crippen molar-refractivity contribution in [2.24, 2.45) is 5.92 Å². The monoisotopic (exact) mass is 428 g/mol. The van der Waals surface area contributed by atoms with E-state index < -0.39 is 5.60 Å². The van der Waals surface area contributed by atoms with Crippen LogP contribution in [-0.2, 0) is 6.42 Å². The van der Waals surface area contributed by atoms with Crippen LogP contribution in [0.5, 0.6) is 0 Å². The second-order valence-electron chi connectivity index (χ2n) is 9.06. The Balaban J connectivity index is 1.59. The largest absolute Gasteiger partial charge is 0.465 e. The van der Waals surface area contributed by atoms with Gasteiger partial charge in [-0.05, 0) is 62.6 Å². The van der Waals surface area contributed by atoms with Crippen molar-refractivity contribution in [1.29, 1.82) is 0 Å². The average molecular weight is 429 g/mol. The molecular weight excluding hydrogens is 396 g/mol. The van der Waals surface area contributed by atoms with Gasteiger partial charge in [-0.1, -0.05) is 35.4 Å². The highest BCUT2D eigenvalue weighted by atomic mass is 35.5. The quantitative estimate of drug-likeness (QED) is 0.699. The van der Waals surface area contributed by atoms with E-state index >= 15 is 0 Å². The lowest BCUT2D eigenvalue weighted by molar-refractivity contribution is -0.0347. The zero-order valence-electron chi connectivity index (χ0n) is 17.9. The molecule has 2 heterocycles. The Hall–Kier alpha value is -1.59. The minimum Gasteiger partial charge on any atom is -0.465 e. The molecule has 5 heteroatoms. The molecule has 0 bridgehead atoms. The first-order chi connectivity index (χ1) is 14.5. The molecule has 1 aliphatic carbocycles. The van der Waals surface area contributed by atoms with E-state index in [-0.39, 0.29) is 5.92 Å². The standard InChI is InChI=1S/C25H33ClN2O2/c1-27-11-13-28(14-12-27)19-22-8-4-6-20(16-23-9-5-15-30-23)17-25(22,29)18-21-7-2-3-10-24(21)26/h2-3,5,7,9-10,15-16,22,29H,4,6,8,11-14,17-19H2,1H3. The summed E-state index contributed by atoms with van der Waals surface area (Å²) in [6.45, 7) is 5.29. The van der Waals surface area contributed by atoms with Crippen molar-refractivity contribution in [3.8, 4) is 0 Å². The Kier molecular flexibility index (Phi) is 6.99. The SMILES string of the molecule is CN1CCN(CC2CCCC(=Cc3ccco3)CC2(O)Cc2ccccc2Cl)CC1. The summed E-state index contributed by atoms with van der Waals surface area (Å²) in [5, 5.41) is 12.8. The summed E-state index contributed by atoms with van der Waals surface area (Å²) < 4.78 is 5.55. The van der Waals surface area contributed by atoms with Gasteiger partial charge in [0.15, 0.2) is 0 Å². The molecule has 1 N–H and O–H groups in total. The van der Waals surface area contributed by atoms with Crippen LogP contribution in [0.25, 0.3) is 6.08 Å². The first-order valence-corrected chi connectivity index (χ1v) is 11.5. The fourth-order valence-electron chi connectivity index (χ4n) is 4.95. The molecule has 1 saturated heterocycles. The number of piperazine rings is 1. The maximum atomic E-state index is 12.1. The van der Waals surface area contributed by atoms with Gasteiger partial charge < -0.3 is 19.3 Å². The molecule has 1 aromatic carbocycles. The third-order valence-electron chi connectivity index (χ3n) is 6.76. The van der Waals surface area contributed by atoms with E-state index in [1.807, 2.05) is 36.4 Å². The maximum Gasteiger partial charge on any atom is 0.126 e. The Morgan fingerprint density at radius 2 is 1.97 bits per heavy atom. The van der Waals surface area contributed by atoms with E-state index in [0.717, 1.165) is 68.3 Å². The number of nitrogens with zero attached hydrogens (tertiary/aromatic N) is 2. The van der Waals surface area contributed by atoms with Crippen LogP contribution in [0.2, 0.25) is 5.02 Å². The van der Waals surface area contributed by atoms with Crippen molar-refractivity contribution in [3.05, 3.63) is 64.6 Å². The number of hydrogen-bond acceptors (Lipinski definition) is 4. The lowest BCUT2D eigenvalue weighted by Crippen LogP contribution is -2.50. The van der Waals surface area contributed by atoms with E-state index in [1.54, 1.807) is 6.26 Å². The topological polar surface area (TPSA) is 39.9 Å². The number of aliphatic hydroxyl groups is 1. The second-order valence-corrected chi connectivity index (χ2v) is 9.47. The molecule has 2 atom stereocenters. The first kappa shape index (κ1) is 21.6. The Labute approximate surface area is 185 Å². The van der Waals surface area contributed by atoms with Gasteiger partial charge in [0.05, 0.1) is 11.9 Å². The molecule has 2 aromatic rings. The third-order valence-corrected chi connectivity index (χ3v) is 7.13. The van der Waals surface area contributed by atoms with Gasteiger partial charge in [-0.25, -0.2) is 0 Å². The van der Waals surface area contributed by atoms with E-state index in [0.29, 0.717) is 12.8 Å². The molecule has 4 rings (SSSR count). The smallest absolute Gasteiger partial charge is 0.126 e. The summed E-state index contributed by atoms with van der Waals surface area (Å²) >= 11 is 6.50. The third kappa shape index (κ3) is 5.36. The van der Waals surface area contributed by atoms with Gasteiger partial charge in [0.2, 0.25) is 0 Å². The minimum atomic E-state index is -0.816. The van der Waals surface area contributed by atoms with E-state index in [4.69, 9.17) is 16.0 Å². The van der Waals surface area contributed by atoms with Gasteiger partial charge in [-0.15, -0.1) is 0 Å². The number of hydrogen-bond donors (Lipinski definition) is 1. The summed E-state index contributed by atoms with van der Waals surface area (Å²) in [7, 11) is 2.18. The number of likely N-dealkylation sites (N-methyl/N-ethyl adjacent to an activating group) is 1. The molecule has 4 nitrogen and oxygen atoms in total. The summed E-state index contributed by atoms with van der Waals surface area (Å²) in [5.41, 5.74) is 1.48. The molecule has 2 aliphatic rings. The first-order valence-electron chi connectivity index (χ1n) is 11.1. The van der Waals surface area contributed by atoms with Gasteiger partial charge in [0, 0.05) is 50.1 Å². The summed E-state index contributed by atoms with van der Waals surface area (Å²) in [6.07, 6.45) is 8.20. The number of benzene rings is 1. The van der Waals surface area contributed by atoms with Crippen LogP contribution in [0, 0.1) is 5.92 Å². The Bertz CT molecular complexity index is 843. The van der Waals surface area contributed by atoms with Gasteiger partial charge in [0.1, 0.15) is 5.76 Å². The van der Waals surface area contributed by atoms with Crippen LogP contribution in [0.15, 0.2) is 52.7 Å². The van der Waals surface area contributed by atoms with Gasteiger partial charge in [0.25, 0.3) is 0 Å². The molecule has 1 saturated carbocycles. The number of furan rings is 1. The lowest BCUT2D eigenvalue weighted by atomic mass is 9.77. The molecule has 0 spiro atoms. The van der Waals surface area contributed by atoms with Crippen LogP contribution in [-0.4, -0.2) is 60.3 Å². The van der Waals surface area contributed by atoms with Crippen molar-refractivity contribution in [3.63, 3.8) is 0 Å². The predicted octanol–water partition coefficient (Wildman–Crippen LogP) is 4.73. The van der Waals surface area contributed by atoms with Crippen molar-refractivity contribution in [2.75, 3.05) is 39.8 Å². The van der Waals surface area contributed by atoms with Gasteiger partial charge in [-0.2, -0.15) is 0 Å². The Morgan fingerprint density at radius 1 is 1.17 bits per heavy atom. The predicted molar refractivity (Wildman–Crippen MR) is 123 cm³/mol. The van der Waals surface area contributed by atoms with Crippen LogP contribution < -0.4 is 0 Å². The highest BCUT2D eigenvalue weighted by molar-refractivity contribution is 6.31. The minimum absolute atomic E-state index is 0.222. The summed E-state index contributed by atoms with van der Waals surface area (Å²) in [5.74, 6) is 1.09. The fourth-order valence-corrected chi connectivity index (χ4v) is 5.15. The molecule has 1 aliphatic heterocycles. The fraction of sp³-hybridized carbons (Fsp3) is 0.520. The second kappa shape index (κ2) is 9.69. The number of rotatable bonds is 5. The van der Waals surface area contributed by atoms with E-state index in [1.165, 1.54) is 5.57 Å². The zero-order valence-corrected chi connectivity index (χ0v) is 18.7. The van der Waals surface area contributed by atoms with Crippen LogP contribution in [0.4, 0.5) is 0 Å². The normalized spacial score (nSPS) is 28.0. The van der Waals surface area contributed by atoms with Gasteiger partial charge >= 0.3 is 0 Å². The maximum absolute atomic E-state index is 12.1. The molecule has 2 fully saturated rings. The summed E-state index contributed by atoms with van der Waals surface area (Å²) in [6, 6.07) is 11.8. The van der Waals surface area contributed by atoms with Crippen molar-refractivity contribution < 1.29 is 9.52 Å². The zero-order chi connectivity index (χ0) is 21.0. The van der Waals surface area contributed by atoms with Crippen molar-refractivity contribution in [1.82, 2.24) is 9.80 Å². The molecular formula is C25H33ClN2O2. The van der Waals surface area contributed by atoms with Crippen LogP contribution in [0.1, 0.15) is 37.0 Å².